The molecular weight excluding hydrogens is 342 g/mol. The van der Waals surface area contributed by atoms with E-state index in [1.165, 1.54) is 12.1 Å². The lowest BCUT2D eigenvalue weighted by Crippen LogP contribution is -2.31. The van der Waals surface area contributed by atoms with Gasteiger partial charge in [-0.1, -0.05) is 0 Å². The predicted octanol–water partition coefficient (Wildman–Crippen LogP) is 3.03. The number of hydrogen-bond acceptors (Lipinski definition) is 4. The van der Waals surface area contributed by atoms with Gasteiger partial charge in [-0.25, -0.2) is 9.97 Å². The molecule has 4 rings (SSSR count). The number of alkyl halides is 2. The van der Waals surface area contributed by atoms with E-state index < -0.39 is 6.61 Å². The van der Waals surface area contributed by atoms with E-state index in [0.717, 1.165) is 17.8 Å². The summed E-state index contributed by atoms with van der Waals surface area (Å²) >= 11 is 0. The molecule has 0 unspecified atom stereocenters. The molecule has 1 aliphatic heterocycles. The topological polar surface area (TPSA) is 79.9 Å². The molecule has 0 radical (unpaired) electrons. The molecule has 0 aliphatic carbocycles. The summed E-state index contributed by atoms with van der Waals surface area (Å²) in [5, 5.41) is 2.80. The number of nitrogens with zero attached hydrogens (tertiary/aromatic N) is 2. The van der Waals surface area contributed by atoms with E-state index in [2.05, 4.69) is 25.0 Å². The van der Waals surface area contributed by atoms with Gasteiger partial charge in [-0.3, -0.25) is 4.79 Å². The molecule has 0 bridgehead atoms. The van der Waals surface area contributed by atoms with Crippen molar-refractivity contribution in [2.45, 2.75) is 13.0 Å². The number of carbonyl (C=O) groups is 1. The Bertz CT molecular complexity index is 954. The van der Waals surface area contributed by atoms with Gasteiger partial charge < -0.3 is 15.0 Å². The third kappa shape index (κ3) is 3.13. The van der Waals surface area contributed by atoms with Crippen LogP contribution in [0.2, 0.25) is 0 Å². The van der Waals surface area contributed by atoms with Crippen LogP contribution in [0.5, 0.6) is 5.75 Å². The molecule has 6 nitrogen and oxygen atoms in total. The fourth-order valence-electron chi connectivity index (χ4n) is 2.86. The molecular formula is C18H14F2N4O2. The second kappa shape index (κ2) is 6.55. The Labute approximate surface area is 147 Å². The van der Waals surface area contributed by atoms with E-state index in [0.29, 0.717) is 29.2 Å². The van der Waals surface area contributed by atoms with Crippen molar-refractivity contribution in [2.24, 2.45) is 0 Å². The van der Waals surface area contributed by atoms with Crippen LogP contribution in [0.1, 0.15) is 16.1 Å². The van der Waals surface area contributed by atoms with E-state index in [1.54, 1.807) is 30.5 Å². The number of halogens is 2. The highest BCUT2D eigenvalue weighted by Gasteiger charge is 2.20. The minimum Gasteiger partial charge on any atom is -0.435 e. The summed E-state index contributed by atoms with van der Waals surface area (Å²) in [7, 11) is 0. The maximum Gasteiger partial charge on any atom is 0.387 e. The Balaban J connectivity index is 1.64. The fourth-order valence-corrected chi connectivity index (χ4v) is 2.86. The SMILES string of the molecule is O=C1NCCc2[nH]c(-c3ccnc(-c4ccc(OC(F)F)cc4)n3)cc21. The number of aromatic nitrogens is 3. The molecule has 132 valence electrons. The van der Waals surface area contributed by atoms with Gasteiger partial charge >= 0.3 is 6.61 Å². The fraction of sp³-hybridized carbons (Fsp3) is 0.167. The average molecular weight is 356 g/mol. The molecule has 8 heteroatoms. The highest BCUT2D eigenvalue weighted by atomic mass is 19.3. The normalized spacial score (nSPS) is 13.4. The highest BCUT2D eigenvalue weighted by Crippen LogP contribution is 2.25. The third-order valence-electron chi connectivity index (χ3n) is 4.07. The number of carbonyl (C=O) groups excluding carboxylic acids is 1. The predicted molar refractivity (Wildman–Crippen MR) is 89.9 cm³/mol. The zero-order valence-electron chi connectivity index (χ0n) is 13.5. The molecule has 26 heavy (non-hydrogen) atoms. The zero-order valence-corrected chi connectivity index (χ0v) is 13.5. The number of benzene rings is 1. The summed E-state index contributed by atoms with van der Waals surface area (Å²) < 4.78 is 28.8. The van der Waals surface area contributed by atoms with Crippen molar-refractivity contribution in [1.82, 2.24) is 20.3 Å². The first kappa shape index (κ1) is 16.2. The van der Waals surface area contributed by atoms with Crippen LogP contribution in [0.15, 0.2) is 42.6 Å². The molecule has 0 spiro atoms. The number of amides is 1. The van der Waals surface area contributed by atoms with Crippen LogP contribution >= 0.6 is 0 Å². The molecule has 0 fully saturated rings. The lowest BCUT2D eigenvalue weighted by atomic mass is 10.1. The minimum absolute atomic E-state index is 0.0722. The number of aromatic amines is 1. The second-order valence-corrected chi connectivity index (χ2v) is 5.75. The van der Waals surface area contributed by atoms with Gasteiger partial charge in [0.05, 0.1) is 17.0 Å². The number of H-pyrrole nitrogens is 1. The lowest BCUT2D eigenvalue weighted by Gasteiger charge is -2.10. The van der Waals surface area contributed by atoms with Crippen molar-refractivity contribution in [1.29, 1.82) is 0 Å². The van der Waals surface area contributed by atoms with Crippen LogP contribution in [-0.4, -0.2) is 34.0 Å². The number of hydrogen-bond donors (Lipinski definition) is 2. The van der Waals surface area contributed by atoms with Crippen molar-refractivity contribution in [3.8, 4) is 28.5 Å². The molecule has 0 saturated carbocycles. The first-order valence-electron chi connectivity index (χ1n) is 7.99. The van der Waals surface area contributed by atoms with E-state index >= 15 is 0 Å². The van der Waals surface area contributed by atoms with E-state index in [4.69, 9.17) is 0 Å². The highest BCUT2D eigenvalue weighted by molar-refractivity contribution is 5.97. The minimum atomic E-state index is -2.86. The van der Waals surface area contributed by atoms with Gasteiger partial charge in [0.2, 0.25) is 0 Å². The summed E-state index contributed by atoms with van der Waals surface area (Å²) in [4.78, 5) is 23.9. The van der Waals surface area contributed by atoms with Crippen LogP contribution in [-0.2, 0) is 6.42 Å². The molecule has 3 aromatic rings. The molecule has 2 N–H and O–H groups in total. The first-order valence-corrected chi connectivity index (χ1v) is 7.99. The van der Waals surface area contributed by atoms with Gasteiger partial charge in [-0.15, -0.1) is 0 Å². The van der Waals surface area contributed by atoms with Crippen LogP contribution in [0, 0.1) is 0 Å². The molecule has 1 aliphatic rings. The van der Waals surface area contributed by atoms with Crippen molar-refractivity contribution in [3.63, 3.8) is 0 Å². The number of fused-ring (bicyclic) bond motifs is 1. The van der Waals surface area contributed by atoms with Crippen LogP contribution in [0.25, 0.3) is 22.8 Å². The van der Waals surface area contributed by atoms with Crippen molar-refractivity contribution in [2.75, 3.05) is 6.54 Å². The number of rotatable bonds is 4. The average Bonchev–Trinajstić information content (AvgIpc) is 3.08. The van der Waals surface area contributed by atoms with Crippen LogP contribution in [0.4, 0.5) is 8.78 Å². The standard InChI is InChI=1S/C18H14F2N4O2/c19-18(20)26-11-3-1-10(2-4-11)16-21-7-6-14(24-16)15-9-12-13(23-15)5-8-22-17(12)25/h1-4,6-7,9,18,23H,5,8H2,(H,22,25). The second-order valence-electron chi connectivity index (χ2n) is 5.75. The number of nitrogens with one attached hydrogen (secondary N) is 2. The van der Waals surface area contributed by atoms with Gasteiger partial charge in [-0.05, 0) is 36.4 Å². The third-order valence-corrected chi connectivity index (χ3v) is 4.07. The summed E-state index contributed by atoms with van der Waals surface area (Å²) in [6, 6.07) is 9.63. The number of ether oxygens (including phenoxy) is 1. The summed E-state index contributed by atoms with van der Waals surface area (Å²) in [5.41, 5.74) is 3.55. The maximum absolute atomic E-state index is 12.2. The maximum atomic E-state index is 12.2. The Kier molecular flexibility index (Phi) is 4.08. The van der Waals surface area contributed by atoms with Gasteiger partial charge in [0, 0.05) is 30.4 Å². The smallest absolute Gasteiger partial charge is 0.387 e. The van der Waals surface area contributed by atoms with Crippen LogP contribution < -0.4 is 10.1 Å². The van der Waals surface area contributed by atoms with Crippen LogP contribution in [0.3, 0.4) is 0 Å². The molecule has 0 atom stereocenters. The molecule has 1 aromatic carbocycles. The quantitative estimate of drug-likeness (QED) is 0.753. The molecule has 1 amide bonds. The Morgan fingerprint density at radius 2 is 1.96 bits per heavy atom. The largest absolute Gasteiger partial charge is 0.435 e. The Hall–Kier alpha value is -3.29. The van der Waals surface area contributed by atoms with Crippen molar-refractivity contribution >= 4 is 5.91 Å². The summed E-state index contributed by atoms with van der Waals surface area (Å²) in [5.74, 6) is 0.420. The zero-order chi connectivity index (χ0) is 18.1. The van der Waals surface area contributed by atoms with Gasteiger partial charge in [0.15, 0.2) is 5.82 Å². The van der Waals surface area contributed by atoms with Gasteiger partial charge in [-0.2, -0.15) is 8.78 Å². The van der Waals surface area contributed by atoms with Gasteiger partial charge in [0.1, 0.15) is 5.75 Å². The summed E-state index contributed by atoms with van der Waals surface area (Å²) in [6.45, 7) is -2.26. The van der Waals surface area contributed by atoms with Crippen molar-refractivity contribution in [3.05, 3.63) is 53.9 Å². The van der Waals surface area contributed by atoms with Gasteiger partial charge in [0.25, 0.3) is 5.91 Å². The summed E-state index contributed by atoms with van der Waals surface area (Å²) in [6.07, 6.45) is 2.35. The Morgan fingerprint density at radius 3 is 2.69 bits per heavy atom. The van der Waals surface area contributed by atoms with E-state index in [1.807, 2.05) is 0 Å². The molecule has 2 aromatic heterocycles. The van der Waals surface area contributed by atoms with Crippen molar-refractivity contribution < 1.29 is 18.3 Å². The Morgan fingerprint density at radius 1 is 1.15 bits per heavy atom. The molecule has 3 heterocycles. The first-order chi connectivity index (χ1) is 12.6. The lowest BCUT2D eigenvalue weighted by molar-refractivity contribution is -0.0498. The van der Waals surface area contributed by atoms with E-state index in [-0.39, 0.29) is 11.7 Å². The monoisotopic (exact) mass is 356 g/mol. The van der Waals surface area contributed by atoms with E-state index in [9.17, 15) is 13.6 Å². The molecule has 0 saturated heterocycles.